The van der Waals surface area contributed by atoms with Crippen LogP contribution < -0.4 is 0 Å². The minimum Gasteiger partial charge on any atom is -0.395 e. The number of carbonyl (C=O) groups excluding carboxylic acids is 1. The molecule has 2 fully saturated rings. The van der Waals surface area contributed by atoms with Gasteiger partial charge in [-0.05, 0) is 49.9 Å². The summed E-state index contributed by atoms with van der Waals surface area (Å²) in [7, 11) is 0. The molecular weight excluding hydrogens is 248 g/mol. The van der Waals surface area contributed by atoms with E-state index in [0.29, 0.717) is 18.1 Å². The number of carbonyl (C=O) groups is 1. The van der Waals surface area contributed by atoms with Crippen LogP contribution in [0.15, 0.2) is 11.6 Å². The Morgan fingerprint density at radius 1 is 1.25 bits per heavy atom. The Labute approximate surface area is 122 Å². The van der Waals surface area contributed by atoms with E-state index in [1.807, 2.05) is 0 Å². The van der Waals surface area contributed by atoms with Crippen molar-refractivity contribution >= 4 is 5.78 Å². The predicted molar refractivity (Wildman–Crippen MR) is 80.3 cm³/mol. The lowest BCUT2D eigenvalue weighted by Gasteiger charge is -2.60. The number of ketones is 1. The molecule has 0 amide bonds. The zero-order valence-corrected chi connectivity index (χ0v) is 13.2. The fourth-order valence-corrected chi connectivity index (χ4v) is 5.66. The number of aliphatic hydroxyl groups is 1. The quantitative estimate of drug-likeness (QED) is 0.738. The lowest BCUT2D eigenvalue weighted by molar-refractivity contribution is -0.142. The van der Waals surface area contributed by atoms with Crippen LogP contribution in [-0.4, -0.2) is 17.5 Å². The number of aliphatic hydroxyl groups excluding tert-OH is 1. The Morgan fingerprint density at radius 3 is 2.70 bits per heavy atom. The maximum absolute atomic E-state index is 12.4. The van der Waals surface area contributed by atoms with Crippen molar-refractivity contribution in [3.8, 4) is 0 Å². The number of allylic oxidation sites excluding steroid dienone is 1. The smallest absolute Gasteiger partial charge is 0.138 e. The molecule has 2 heteroatoms. The molecule has 2 nitrogen and oxygen atoms in total. The fraction of sp³-hybridized carbons (Fsp3) is 0.833. The second-order valence-corrected chi connectivity index (χ2v) is 8.10. The maximum Gasteiger partial charge on any atom is 0.138 e. The Hall–Kier alpha value is -0.630. The summed E-state index contributed by atoms with van der Waals surface area (Å²) in [4.78, 5) is 12.4. The molecule has 0 unspecified atom stereocenters. The molecule has 3 aliphatic rings. The van der Waals surface area contributed by atoms with Crippen LogP contribution in [0.5, 0.6) is 0 Å². The van der Waals surface area contributed by atoms with Crippen LogP contribution in [0.3, 0.4) is 0 Å². The van der Waals surface area contributed by atoms with E-state index in [4.69, 9.17) is 0 Å². The molecule has 0 radical (unpaired) electrons. The van der Waals surface area contributed by atoms with Crippen molar-refractivity contribution in [2.75, 3.05) is 6.61 Å². The topological polar surface area (TPSA) is 37.3 Å². The van der Waals surface area contributed by atoms with Crippen LogP contribution in [0.1, 0.15) is 65.7 Å². The van der Waals surface area contributed by atoms with Gasteiger partial charge in [-0.1, -0.05) is 32.4 Å². The van der Waals surface area contributed by atoms with E-state index < -0.39 is 0 Å². The van der Waals surface area contributed by atoms with Crippen LogP contribution in [0, 0.1) is 22.2 Å². The van der Waals surface area contributed by atoms with Crippen molar-refractivity contribution in [1.82, 2.24) is 0 Å². The summed E-state index contributed by atoms with van der Waals surface area (Å²) in [5.74, 6) is 0.883. The molecule has 2 saturated carbocycles. The summed E-state index contributed by atoms with van der Waals surface area (Å²) >= 11 is 0. The third-order valence-electron chi connectivity index (χ3n) is 6.84. The first-order valence-electron chi connectivity index (χ1n) is 8.22. The van der Waals surface area contributed by atoms with Crippen LogP contribution in [0.25, 0.3) is 0 Å². The molecule has 0 saturated heterocycles. The van der Waals surface area contributed by atoms with Gasteiger partial charge in [-0.15, -0.1) is 0 Å². The average Bonchev–Trinajstić information content (AvgIpc) is 2.43. The molecule has 0 bridgehead atoms. The molecule has 0 aromatic rings. The molecule has 3 atom stereocenters. The highest BCUT2D eigenvalue weighted by molar-refractivity contribution is 5.85. The van der Waals surface area contributed by atoms with Crippen molar-refractivity contribution in [2.24, 2.45) is 22.2 Å². The highest BCUT2D eigenvalue weighted by Gasteiger charge is 2.59. The lowest BCUT2D eigenvalue weighted by Crippen LogP contribution is -2.55. The molecule has 20 heavy (non-hydrogen) atoms. The van der Waals surface area contributed by atoms with Crippen molar-refractivity contribution in [1.29, 1.82) is 0 Å². The first-order valence-corrected chi connectivity index (χ1v) is 8.22. The molecule has 0 aromatic heterocycles. The Kier molecular flexibility index (Phi) is 3.17. The Bertz CT molecular complexity index is 462. The highest BCUT2D eigenvalue weighted by atomic mass is 16.3. The molecular formula is C18H28O2. The molecule has 1 N–H and O–H groups in total. The van der Waals surface area contributed by atoms with E-state index in [0.717, 1.165) is 32.1 Å². The Balaban J connectivity index is 2.07. The predicted octanol–water partition coefficient (Wildman–Crippen LogP) is 3.88. The standard InChI is InChI=1S/C18H28O2/c1-16(2)13-7-11-18(12-19)9-5-4-6-14(18)17(13,3)10-8-15(16)20/h6,13,19H,4-5,7-12H2,1-3H3/t13-,17+,18-/m0/s1. The van der Waals surface area contributed by atoms with Gasteiger partial charge in [-0.3, -0.25) is 4.79 Å². The van der Waals surface area contributed by atoms with E-state index in [2.05, 4.69) is 26.8 Å². The third kappa shape index (κ3) is 1.70. The van der Waals surface area contributed by atoms with Gasteiger partial charge in [0.1, 0.15) is 5.78 Å². The zero-order chi connectivity index (χ0) is 14.6. The monoisotopic (exact) mass is 276 g/mol. The van der Waals surface area contributed by atoms with Gasteiger partial charge < -0.3 is 5.11 Å². The van der Waals surface area contributed by atoms with Gasteiger partial charge in [0.05, 0.1) is 6.61 Å². The van der Waals surface area contributed by atoms with Crippen LogP contribution >= 0.6 is 0 Å². The van der Waals surface area contributed by atoms with E-state index >= 15 is 0 Å². The number of hydrogen-bond acceptors (Lipinski definition) is 2. The van der Waals surface area contributed by atoms with Gasteiger partial charge in [-0.25, -0.2) is 0 Å². The first kappa shape index (κ1) is 14.3. The van der Waals surface area contributed by atoms with Crippen molar-refractivity contribution in [2.45, 2.75) is 65.7 Å². The summed E-state index contributed by atoms with van der Waals surface area (Å²) in [5.41, 5.74) is 1.45. The van der Waals surface area contributed by atoms with E-state index in [9.17, 15) is 9.90 Å². The van der Waals surface area contributed by atoms with E-state index in [1.54, 1.807) is 0 Å². The minimum atomic E-state index is -0.201. The van der Waals surface area contributed by atoms with Gasteiger partial charge in [0.2, 0.25) is 0 Å². The van der Waals surface area contributed by atoms with Gasteiger partial charge >= 0.3 is 0 Å². The second-order valence-electron chi connectivity index (χ2n) is 8.10. The van der Waals surface area contributed by atoms with Crippen molar-refractivity contribution < 1.29 is 9.90 Å². The zero-order valence-electron chi connectivity index (χ0n) is 13.2. The largest absolute Gasteiger partial charge is 0.395 e. The summed E-state index contributed by atoms with van der Waals surface area (Å²) in [6, 6.07) is 0. The highest BCUT2D eigenvalue weighted by Crippen LogP contribution is 2.65. The van der Waals surface area contributed by atoms with Crippen molar-refractivity contribution in [3.05, 3.63) is 11.6 Å². The molecule has 112 valence electrons. The average molecular weight is 276 g/mol. The van der Waals surface area contributed by atoms with Gasteiger partial charge in [0.25, 0.3) is 0 Å². The SMILES string of the molecule is CC1(C)C(=O)CC[C@@]2(C)C3=CCCC[C@@]3(CO)CC[C@@H]12. The number of Topliss-reactive ketones (excluding diaryl/α,β-unsaturated/α-hetero) is 1. The molecule has 0 aliphatic heterocycles. The minimum absolute atomic E-state index is 0.0277. The van der Waals surface area contributed by atoms with Crippen LogP contribution in [0.4, 0.5) is 0 Å². The summed E-state index contributed by atoms with van der Waals surface area (Å²) in [6.45, 7) is 6.95. The molecule has 3 aliphatic carbocycles. The number of hydrogen-bond donors (Lipinski definition) is 1. The molecule has 0 heterocycles. The van der Waals surface area contributed by atoms with Crippen LogP contribution in [0.2, 0.25) is 0 Å². The molecule has 0 aromatic carbocycles. The summed E-state index contributed by atoms with van der Waals surface area (Å²) < 4.78 is 0. The van der Waals surface area contributed by atoms with Crippen molar-refractivity contribution in [3.63, 3.8) is 0 Å². The third-order valence-corrected chi connectivity index (χ3v) is 6.84. The Morgan fingerprint density at radius 2 is 2.00 bits per heavy atom. The van der Waals surface area contributed by atoms with Gasteiger partial charge in [0.15, 0.2) is 0 Å². The summed E-state index contributed by atoms with van der Waals surface area (Å²) in [6.07, 6.45) is 9.73. The molecule has 0 spiro atoms. The van der Waals surface area contributed by atoms with Gasteiger partial charge in [0, 0.05) is 17.3 Å². The maximum atomic E-state index is 12.4. The normalized spacial score (nSPS) is 43.5. The van der Waals surface area contributed by atoms with E-state index in [-0.39, 0.29) is 22.9 Å². The number of rotatable bonds is 1. The van der Waals surface area contributed by atoms with E-state index in [1.165, 1.54) is 12.0 Å². The van der Waals surface area contributed by atoms with Crippen LogP contribution in [-0.2, 0) is 4.79 Å². The molecule has 3 rings (SSSR count). The van der Waals surface area contributed by atoms with Gasteiger partial charge in [-0.2, -0.15) is 0 Å². The number of fused-ring (bicyclic) bond motifs is 3. The fourth-order valence-electron chi connectivity index (χ4n) is 5.66. The lowest BCUT2D eigenvalue weighted by atomic mass is 9.44. The summed E-state index contributed by atoms with van der Waals surface area (Å²) in [5, 5.41) is 10.1. The second kappa shape index (κ2) is 4.43. The first-order chi connectivity index (χ1) is 9.37.